The van der Waals surface area contributed by atoms with E-state index >= 15 is 0 Å². The van der Waals surface area contributed by atoms with Crippen molar-refractivity contribution < 1.29 is 13.3 Å². The largest absolute Gasteiger partial charge is 0.408 e. The third-order valence-electron chi connectivity index (χ3n) is 3.27. The SMILES string of the molecule is O=S(=O)(N=c1ccccn1OCc1ccccc1)c1ccccc1. The van der Waals surface area contributed by atoms with Crippen LogP contribution in [0.15, 0.2) is 94.4 Å². The summed E-state index contributed by atoms with van der Waals surface area (Å²) in [6.07, 6.45) is 1.63. The van der Waals surface area contributed by atoms with E-state index in [-0.39, 0.29) is 10.4 Å². The number of pyridine rings is 1. The minimum atomic E-state index is -3.79. The molecule has 0 bridgehead atoms. The molecule has 6 heteroatoms. The lowest BCUT2D eigenvalue weighted by atomic mass is 10.2. The topological polar surface area (TPSA) is 60.7 Å². The van der Waals surface area contributed by atoms with E-state index in [1.807, 2.05) is 30.3 Å². The molecule has 0 aliphatic carbocycles. The Morgan fingerprint density at radius 1 is 0.833 bits per heavy atom. The van der Waals surface area contributed by atoms with Gasteiger partial charge in [0.15, 0.2) is 5.49 Å². The van der Waals surface area contributed by atoms with Crippen molar-refractivity contribution in [2.75, 3.05) is 0 Å². The minimum Gasteiger partial charge on any atom is -0.408 e. The maximum atomic E-state index is 12.4. The van der Waals surface area contributed by atoms with Gasteiger partial charge in [-0.2, -0.15) is 13.1 Å². The van der Waals surface area contributed by atoms with Gasteiger partial charge < -0.3 is 4.84 Å². The average molecular weight is 340 g/mol. The number of sulfonamides is 1. The first-order chi connectivity index (χ1) is 11.6. The summed E-state index contributed by atoms with van der Waals surface area (Å²) < 4.78 is 30.0. The van der Waals surface area contributed by atoms with Crippen LogP contribution in [0.5, 0.6) is 0 Å². The van der Waals surface area contributed by atoms with Gasteiger partial charge >= 0.3 is 0 Å². The van der Waals surface area contributed by atoms with Gasteiger partial charge in [0.2, 0.25) is 0 Å². The molecule has 0 atom stereocenters. The lowest BCUT2D eigenvalue weighted by Crippen LogP contribution is -2.27. The van der Waals surface area contributed by atoms with Crippen LogP contribution in [0.3, 0.4) is 0 Å². The monoisotopic (exact) mass is 340 g/mol. The second-order valence-corrected chi connectivity index (χ2v) is 6.63. The van der Waals surface area contributed by atoms with E-state index < -0.39 is 10.0 Å². The highest BCUT2D eigenvalue weighted by molar-refractivity contribution is 7.90. The maximum absolute atomic E-state index is 12.4. The van der Waals surface area contributed by atoms with Gasteiger partial charge in [-0.1, -0.05) is 54.6 Å². The molecular weight excluding hydrogens is 324 g/mol. The number of rotatable bonds is 5. The highest BCUT2D eigenvalue weighted by atomic mass is 32.2. The molecule has 0 saturated carbocycles. The van der Waals surface area contributed by atoms with E-state index in [1.54, 1.807) is 42.6 Å². The summed E-state index contributed by atoms with van der Waals surface area (Å²) in [6.45, 7) is 0.309. The van der Waals surface area contributed by atoms with Crippen molar-refractivity contribution in [2.45, 2.75) is 11.5 Å². The maximum Gasteiger partial charge on any atom is 0.284 e. The van der Waals surface area contributed by atoms with Crippen LogP contribution in [0.1, 0.15) is 5.56 Å². The lowest BCUT2D eigenvalue weighted by molar-refractivity contribution is 0.0877. The van der Waals surface area contributed by atoms with E-state index in [9.17, 15) is 8.42 Å². The molecular formula is C18H16N2O3S. The van der Waals surface area contributed by atoms with Crippen LogP contribution in [-0.4, -0.2) is 13.1 Å². The molecule has 122 valence electrons. The standard InChI is InChI=1S/C18H16N2O3S/c21-24(22,17-11-5-2-6-12-17)19-18-13-7-8-14-20(18)23-15-16-9-3-1-4-10-16/h1-14H,15H2. The van der Waals surface area contributed by atoms with Gasteiger partial charge in [-0.25, -0.2) is 0 Å². The van der Waals surface area contributed by atoms with Crippen molar-refractivity contribution in [3.63, 3.8) is 0 Å². The number of aromatic nitrogens is 1. The third kappa shape index (κ3) is 3.91. The molecule has 0 unspecified atom stereocenters. The van der Waals surface area contributed by atoms with Crippen LogP contribution >= 0.6 is 0 Å². The van der Waals surface area contributed by atoms with Crippen LogP contribution in [0.25, 0.3) is 0 Å². The Bertz CT molecular complexity index is 966. The summed E-state index contributed by atoms with van der Waals surface area (Å²) in [4.78, 5) is 5.81. The lowest BCUT2D eigenvalue weighted by Gasteiger charge is -2.09. The summed E-state index contributed by atoms with van der Waals surface area (Å²) in [5.74, 6) is 0. The molecule has 0 aliphatic rings. The predicted octanol–water partition coefficient (Wildman–Crippen LogP) is 2.41. The second kappa shape index (κ2) is 7.14. The van der Waals surface area contributed by atoms with Crippen molar-refractivity contribution in [3.8, 4) is 0 Å². The van der Waals surface area contributed by atoms with Crippen molar-refractivity contribution in [1.82, 2.24) is 4.73 Å². The molecule has 24 heavy (non-hydrogen) atoms. The molecule has 3 rings (SSSR count). The molecule has 0 spiro atoms. The number of nitrogens with zero attached hydrogens (tertiary/aromatic N) is 2. The fourth-order valence-corrected chi connectivity index (χ4v) is 3.08. The zero-order valence-corrected chi connectivity index (χ0v) is 13.6. The zero-order valence-electron chi connectivity index (χ0n) is 12.8. The normalized spacial score (nSPS) is 12.1. The molecule has 0 saturated heterocycles. The van der Waals surface area contributed by atoms with Crippen molar-refractivity contribution in [2.24, 2.45) is 4.40 Å². The van der Waals surface area contributed by atoms with Gasteiger partial charge in [0.05, 0.1) is 4.90 Å². The molecule has 5 nitrogen and oxygen atoms in total. The predicted molar refractivity (Wildman–Crippen MR) is 90.3 cm³/mol. The van der Waals surface area contributed by atoms with Crippen LogP contribution in [-0.2, 0) is 16.6 Å². The number of hydrogen-bond acceptors (Lipinski definition) is 3. The molecule has 0 N–H and O–H groups in total. The molecule has 0 fully saturated rings. The van der Waals surface area contributed by atoms with Crippen LogP contribution in [0.2, 0.25) is 0 Å². The molecule has 3 aromatic rings. The fraction of sp³-hybridized carbons (Fsp3) is 0.0556. The van der Waals surface area contributed by atoms with Gasteiger partial charge in [0.25, 0.3) is 10.0 Å². The van der Waals surface area contributed by atoms with E-state index in [4.69, 9.17) is 4.84 Å². The van der Waals surface area contributed by atoms with Gasteiger partial charge in [0, 0.05) is 6.20 Å². The molecule has 1 heterocycles. The van der Waals surface area contributed by atoms with Crippen molar-refractivity contribution >= 4 is 10.0 Å². The Balaban J connectivity index is 1.92. The quantitative estimate of drug-likeness (QED) is 0.716. The van der Waals surface area contributed by atoms with Crippen LogP contribution in [0.4, 0.5) is 0 Å². The Labute approximate surface area is 140 Å². The Morgan fingerprint density at radius 2 is 1.46 bits per heavy atom. The van der Waals surface area contributed by atoms with E-state index in [1.165, 1.54) is 16.9 Å². The summed E-state index contributed by atoms with van der Waals surface area (Å²) in [5, 5.41) is 0. The Kier molecular flexibility index (Phi) is 4.77. The molecule has 0 amide bonds. The summed E-state index contributed by atoms with van der Waals surface area (Å²) in [6, 6.07) is 22.8. The number of hydrogen-bond donors (Lipinski definition) is 0. The molecule has 2 aromatic carbocycles. The second-order valence-electron chi connectivity index (χ2n) is 5.02. The van der Waals surface area contributed by atoms with Crippen LogP contribution < -0.4 is 10.3 Å². The van der Waals surface area contributed by atoms with Gasteiger partial charge in [-0.05, 0) is 29.8 Å². The Hall–Kier alpha value is -2.86. The van der Waals surface area contributed by atoms with Crippen molar-refractivity contribution in [1.29, 1.82) is 0 Å². The summed E-state index contributed by atoms with van der Waals surface area (Å²) in [7, 11) is -3.79. The highest BCUT2D eigenvalue weighted by Gasteiger charge is 2.11. The molecule has 0 aliphatic heterocycles. The van der Waals surface area contributed by atoms with Crippen LogP contribution in [0, 0.1) is 0 Å². The van der Waals surface area contributed by atoms with E-state index in [2.05, 4.69) is 4.40 Å². The average Bonchev–Trinajstić information content (AvgIpc) is 2.62. The highest BCUT2D eigenvalue weighted by Crippen LogP contribution is 2.10. The minimum absolute atomic E-state index is 0.142. The van der Waals surface area contributed by atoms with Gasteiger partial charge in [0.1, 0.15) is 6.61 Å². The van der Waals surface area contributed by atoms with E-state index in [0.29, 0.717) is 6.61 Å². The zero-order chi connectivity index (χ0) is 16.8. The number of benzene rings is 2. The first-order valence-electron chi connectivity index (χ1n) is 7.36. The third-order valence-corrected chi connectivity index (χ3v) is 4.57. The fourth-order valence-electron chi connectivity index (χ4n) is 2.09. The summed E-state index contributed by atoms with van der Waals surface area (Å²) >= 11 is 0. The van der Waals surface area contributed by atoms with Gasteiger partial charge in [-0.3, -0.25) is 0 Å². The summed E-state index contributed by atoms with van der Waals surface area (Å²) in [5.41, 5.74) is 1.18. The van der Waals surface area contributed by atoms with Gasteiger partial charge in [-0.15, -0.1) is 4.40 Å². The Morgan fingerprint density at radius 3 is 2.17 bits per heavy atom. The molecule has 0 radical (unpaired) electrons. The van der Waals surface area contributed by atoms with Crippen molar-refractivity contribution in [3.05, 3.63) is 96.1 Å². The first kappa shape index (κ1) is 16.0. The molecule has 1 aromatic heterocycles. The first-order valence-corrected chi connectivity index (χ1v) is 8.80. The smallest absolute Gasteiger partial charge is 0.284 e. The van der Waals surface area contributed by atoms with E-state index in [0.717, 1.165) is 5.56 Å².